The average molecular weight is 231 g/mol. The molecule has 1 heterocycles. The molecule has 0 aromatic carbocycles. The molecule has 1 aliphatic heterocycles. The molecule has 15 heavy (non-hydrogen) atoms. The molecule has 0 spiro atoms. The molecule has 1 aliphatic rings. The molecule has 1 rings (SSSR count). The first-order valence-electron chi connectivity index (χ1n) is 5.59. The summed E-state index contributed by atoms with van der Waals surface area (Å²) in [5.74, 6) is 0.792. The summed E-state index contributed by atoms with van der Waals surface area (Å²) < 4.78 is 0. The Morgan fingerprint density at radius 1 is 1.53 bits per heavy atom. The van der Waals surface area contributed by atoms with E-state index in [0.717, 1.165) is 19.6 Å². The van der Waals surface area contributed by atoms with Crippen LogP contribution in [-0.4, -0.2) is 47.6 Å². The lowest BCUT2D eigenvalue weighted by atomic mass is 9.87. The zero-order valence-electron chi connectivity index (χ0n) is 9.61. The van der Waals surface area contributed by atoms with E-state index in [1.807, 2.05) is 18.7 Å². The highest BCUT2D eigenvalue weighted by Crippen LogP contribution is 2.24. The van der Waals surface area contributed by atoms with Crippen LogP contribution in [0.25, 0.3) is 0 Å². The third-order valence-corrected chi connectivity index (χ3v) is 3.85. The van der Waals surface area contributed by atoms with E-state index >= 15 is 0 Å². The number of hydrogen-bond donors (Lipinski definition) is 1. The van der Waals surface area contributed by atoms with Gasteiger partial charge in [0.25, 0.3) is 0 Å². The molecule has 0 aromatic rings. The highest BCUT2D eigenvalue weighted by Gasteiger charge is 2.33. The topological polar surface area (TPSA) is 40.5 Å². The molecule has 1 saturated heterocycles. The summed E-state index contributed by atoms with van der Waals surface area (Å²) in [4.78, 5) is 13.1. The molecule has 0 radical (unpaired) electrons. The Balaban J connectivity index is 2.02. The molecular formula is C11H21NO2S. The second-order valence-electron chi connectivity index (χ2n) is 4.35. The first-order chi connectivity index (χ1) is 7.15. The summed E-state index contributed by atoms with van der Waals surface area (Å²) in [6, 6.07) is 0. The monoisotopic (exact) mass is 231 g/mol. The number of aliphatic carboxylic acids is 1. The SMILES string of the molecule is CSCCCCN1CC(C(C)C(=O)O)C1. The van der Waals surface area contributed by atoms with Crippen molar-refractivity contribution in [2.75, 3.05) is 31.6 Å². The number of rotatable bonds is 7. The number of carboxylic acids is 1. The van der Waals surface area contributed by atoms with E-state index in [0.29, 0.717) is 5.92 Å². The van der Waals surface area contributed by atoms with Gasteiger partial charge in [0.15, 0.2) is 0 Å². The molecule has 0 aromatic heterocycles. The summed E-state index contributed by atoms with van der Waals surface area (Å²) >= 11 is 1.89. The predicted molar refractivity (Wildman–Crippen MR) is 64.3 cm³/mol. The van der Waals surface area contributed by atoms with E-state index in [2.05, 4.69) is 11.2 Å². The second kappa shape index (κ2) is 6.38. The van der Waals surface area contributed by atoms with E-state index in [-0.39, 0.29) is 5.92 Å². The van der Waals surface area contributed by atoms with Gasteiger partial charge in [0.1, 0.15) is 0 Å². The lowest BCUT2D eigenvalue weighted by Crippen LogP contribution is -2.51. The highest BCUT2D eigenvalue weighted by molar-refractivity contribution is 7.98. The normalized spacial score (nSPS) is 19.9. The van der Waals surface area contributed by atoms with Crippen molar-refractivity contribution < 1.29 is 9.90 Å². The summed E-state index contributed by atoms with van der Waals surface area (Å²) in [5.41, 5.74) is 0. The van der Waals surface area contributed by atoms with Gasteiger partial charge in [-0.1, -0.05) is 6.92 Å². The number of unbranched alkanes of at least 4 members (excludes halogenated alkanes) is 1. The molecular weight excluding hydrogens is 210 g/mol. The summed E-state index contributed by atoms with van der Waals surface area (Å²) in [6.45, 7) is 4.92. The molecule has 0 bridgehead atoms. The van der Waals surface area contributed by atoms with E-state index in [1.54, 1.807) is 0 Å². The van der Waals surface area contributed by atoms with Crippen molar-refractivity contribution in [2.45, 2.75) is 19.8 Å². The van der Waals surface area contributed by atoms with E-state index in [9.17, 15) is 4.79 Å². The predicted octanol–water partition coefficient (Wildman–Crippen LogP) is 1.78. The molecule has 0 saturated carbocycles. The van der Waals surface area contributed by atoms with Crippen molar-refractivity contribution >= 4 is 17.7 Å². The van der Waals surface area contributed by atoms with Gasteiger partial charge in [-0.2, -0.15) is 11.8 Å². The minimum Gasteiger partial charge on any atom is -0.481 e. The van der Waals surface area contributed by atoms with Crippen molar-refractivity contribution in [2.24, 2.45) is 11.8 Å². The maximum absolute atomic E-state index is 10.7. The van der Waals surface area contributed by atoms with Crippen molar-refractivity contribution in [1.29, 1.82) is 0 Å². The van der Waals surface area contributed by atoms with Gasteiger partial charge in [-0.15, -0.1) is 0 Å². The van der Waals surface area contributed by atoms with Crippen LogP contribution >= 0.6 is 11.8 Å². The molecule has 1 fully saturated rings. The Bertz CT molecular complexity index is 205. The smallest absolute Gasteiger partial charge is 0.306 e. The Morgan fingerprint density at radius 2 is 2.20 bits per heavy atom. The van der Waals surface area contributed by atoms with E-state index in [1.165, 1.54) is 18.6 Å². The highest BCUT2D eigenvalue weighted by atomic mass is 32.2. The quantitative estimate of drug-likeness (QED) is 0.678. The van der Waals surface area contributed by atoms with Crippen LogP contribution in [0, 0.1) is 11.8 Å². The zero-order valence-corrected chi connectivity index (χ0v) is 10.4. The standard InChI is InChI=1S/C11H21NO2S/c1-9(11(13)14)10-7-12(8-10)5-3-4-6-15-2/h9-10H,3-8H2,1-2H3,(H,13,14). The maximum Gasteiger partial charge on any atom is 0.306 e. The molecule has 1 N–H and O–H groups in total. The molecule has 88 valence electrons. The van der Waals surface area contributed by atoms with E-state index < -0.39 is 5.97 Å². The van der Waals surface area contributed by atoms with Gasteiger partial charge in [0.05, 0.1) is 5.92 Å². The van der Waals surface area contributed by atoms with Gasteiger partial charge in [0, 0.05) is 13.1 Å². The Hall–Kier alpha value is -0.220. The third-order valence-electron chi connectivity index (χ3n) is 3.15. The average Bonchev–Trinajstić information content (AvgIpc) is 2.13. The molecule has 1 atom stereocenters. The molecule has 4 heteroatoms. The minimum absolute atomic E-state index is 0.174. The lowest BCUT2D eigenvalue weighted by molar-refractivity contribution is -0.145. The van der Waals surface area contributed by atoms with Crippen LogP contribution in [0.15, 0.2) is 0 Å². The Labute approximate surface area is 96.2 Å². The number of carboxylic acid groups (broad SMARTS) is 1. The fraction of sp³-hybridized carbons (Fsp3) is 0.909. The molecule has 0 amide bonds. The van der Waals surface area contributed by atoms with Gasteiger partial charge >= 0.3 is 5.97 Å². The number of hydrogen-bond acceptors (Lipinski definition) is 3. The van der Waals surface area contributed by atoms with Crippen LogP contribution in [0.3, 0.4) is 0 Å². The number of likely N-dealkylation sites (tertiary alicyclic amines) is 1. The molecule has 1 unspecified atom stereocenters. The van der Waals surface area contributed by atoms with Crippen LogP contribution in [0.2, 0.25) is 0 Å². The van der Waals surface area contributed by atoms with Crippen LogP contribution in [-0.2, 0) is 4.79 Å². The van der Waals surface area contributed by atoms with Gasteiger partial charge in [0.2, 0.25) is 0 Å². The Kier molecular flexibility index (Phi) is 5.47. The van der Waals surface area contributed by atoms with Gasteiger partial charge in [-0.05, 0) is 37.3 Å². The number of carbonyl (C=O) groups is 1. The first kappa shape index (κ1) is 12.8. The fourth-order valence-corrected chi connectivity index (χ4v) is 2.38. The van der Waals surface area contributed by atoms with Crippen molar-refractivity contribution in [3.8, 4) is 0 Å². The summed E-state index contributed by atoms with van der Waals surface area (Å²) in [7, 11) is 0. The zero-order chi connectivity index (χ0) is 11.3. The van der Waals surface area contributed by atoms with Crippen LogP contribution in [0.4, 0.5) is 0 Å². The number of thioether (sulfide) groups is 1. The Morgan fingerprint density at radius 3 is 2.73 bits per heavy atom. The van der Waals surface area contributed by atoms with Gasteiger partial charge < -0.3 is 10.0 Å². The minimum atomic E-state index is -0.651. The summed E-state index contributed by atoms with van der Waals surface area (Å²) in [6.07, 6.45) is 4.65. The molecule has 0 aliphatic carbocycles. The van der Waals surface area contributed by atoms with Crippen molar-refractivity contribution in [1.82, 2.24) is 4.90 Å². The van der Waals surface area contributed by atoms with Gasteiger partial charge in [-0.3, -0.25) is 4.79 Å². The molecule has 3 nitrogen and oxygen atoms in total. The second-order valence-corrected chi connectivity index (χ2v) is 5.33. The van der Waals surface area contributed by atoms with Gasteiger partial charge in [-0.25, -0.2) is 0 Å². The van der Waals surface area contributed by atoms with Crippen molar-refractivity contribution in [3.63, 3.8) is 0 Å². The fourth-order valence-electron chi connectivity index (χ4n) is 1.89. The van der Waals surface area contributed by atoms with Crippen LogP contribution < -0.4 is 0 Å². The van der Waals surface area contributed by atoms with Crippen LogP contribution in [0.1, 0.15) is 19.8 Å². The number of nitrogens with zero attached hydrogens (tertiary/aromatic N) is 1. The third kappa shape index (κ3) is 4.03. The largest absolute Gasteiger partial charge is 0.481 e. The van der Waals surface area contributed by atoms with E-state index in [4.69, 9.17) is 5.11 Å². The lowest BCUT2D eigenvalue weighted by Gasteiger charge is -2.41. The van der Waals surface area contributed by atoms with Crippen LogP contribution in [0.5, 0.6) is 0 Å². The van der Waals surface area contributed by atoms with Crippen molar-refractivity contribution in [3.05, 3.63) is 0 Å². The maximum atomic E-state index is 10.7. The summed E-state index contributed by atoms with van der Waals surface area (Å²) in [5, 5.41) is 8.83. The first-order valence-corrected chi connectivity index (χ1v) is 6.98.